The van der Waals surface area contributed by atoms with Gasteiger partial charge >= 0.3 is 12.0 Å². The number of hydrogen-bond acceptors (Lipinski definition) is 8. The van der Waals surface area contributed by atoms with Gasteiger partial charge in [0.2, 0.25) is 0 Å². The summed E-state index contributed by atoms with van der Waals surface area (Å²) in [4.78, 5) is 31.7. The normalized spacial score (nSPS) is 22.7. The fourth-order valence-electron chi connectivity index (χ4n) is 8.80. The molecule has 3 atom stereocenters. The zero-order valence-electron chi connectivity index (χ0n) is 26.7. The van der Waals surface area contributed by atoms with Gasteiger partial charge in [-0.15, -0.1) is 0 Å². The van der Waals surface area contributed by atoms with E-state index in [1.54, 1.807) is 36.5 Å². The van der Waals surface area contributed by atoms with Crippen molar-refractivity contribution in [1.29, 1.82) is 0 Å². The minimum atomic E-state index is -0.675. The summed E-state index contributed by atoms with van der Waals surface area (Å²) in [6.07, 6.45) is 6.70. The lowest BCUT2D eigenvalue weighted by Gasteiger charge is -2.52. The van der Waals surface area contributed by atoms with E-state index in [1.807, 2.05) is 0 Å². The summed E-state index contributed by atoms with van der Waals surface area (Å²) in [7, 11) is 0. The lowest BCUT2D eigenvalue weighted by molar-refractivity contribution is -0.150. The maximum Gasteiger partial charge on any atom is 0.319 e. The smallest absolute Gasteiger partial charge is 0.319 e. The topological polar surface area (TPSA) is 80.7 Å². The van der Waals surface area contributed by atoms with Crippen molar-refractivity contribution in [3.63, 3.8) is 0 Å². The second-order valence-electron chi connectivity index (χ2n) is 13.9. The van der Waals surface area contributed by atoms with Gasteiger partial charge in [-0.2, -0.15) is 9.97 Å². The van der Waals surface area contributed by atoms with Crippen molar-refractivity contribution < 1.29 is 27.4 Å². The summed E-state index contributed by atoms with van der Waals surface area (Å²) in [5.74, 6) is -1.37. The highest BCUT2D eigenvalue weighted by atomic mass is 19.1. The molecule has 1 saturated carbocycles. The van der Waals surface area contributed by atoms with E-state index < -0.39 is 17.5 Å². The molecule has 250 valence electrons. The Balaban J connectivity index is 1.07. The molecule has 1 aliphatic carbocycles. The van der Waals surface area contributed by atoms with E-state index in [0.717, 1.165) is 45.2 Å². The predicted octanol–water partition coefficient (Wildman–Crippen LogP) is 6.95. The minimum Gasteiger partial charge on any atom is -0.461 e. The zero-order valence-corrected chi connectivity index (χ0v) is 26.7. The van der Waals surface area contributed by atoms with Gasteiger partial charge in [0.1, 0.15) is 41.0 Å². The quantitative estimate of drug-likeness (QED) is 0.137. The van der Waals surface area contributed by atoms with Crippen LogP contribution in [0.1, 0.15) is 32.1 Å². The molecule has 0 amide bonds. The summed E-state index contributed by atoms with van der Waals surface area (Å²) in [5, 5.41) is 1.35. The van der Waals surface area contributed by atoms with Crippen LogP contribution in [-0.4, -0.2) is 64.1 Å². The lowest BCUT2D eigenvalue weighted by atomic mass is 9.61. The van der Waals surface area contributed by atoms with Gasteiger partial charge in [-0.05, 0) is 92.7 Å². The Labute approximate surface area is 280 Å². The first-order chi connectivity index (χ1) is 23.9. The Bertz CT molecular complexity index is 2080. The van der Waals surface area contributed by atoms with Gasteiger partial charge in [0.25, 0.3) is 0 Å². The largest absolute Gasteiger partial charge is 0.461 e. The van der Waals surface area contributed by atoms with Crippen LogP contribution in [-0.2, 0) is 4.79 Å². The highest BCUT2D eigenvalue weighted by Crippen LogP contribution is 2.48. The van der Waals surface area contributed by atoms with Crippen LogP contribution in [0.4, 0.5) is 19.0 Å². The molecular weight excluding hydrogens is 631 g/mol. The first kappa shape index (κ1) is 30.3. The molecule has 10 rings (SSSR count). The van der Waals surface area contributed by atoms with Crippen LogP contribution in [0.25, 0.3) is 32.9 Å². The molecule has 49 heavy (non-hydrogen) atoms. The highest BCUT2D eigenvalue weighted by Gasteiger charge is 2.52. The number of hydrogen-bond donors (Lipinski definition) is 0. The molecule has 3 aromatic carbocycles. The third kappa shape index (κ3) is 5.08. The third-order valence-electron chi connectivity index (χ3n) is 11.2. The molecule has 5 fully saturated rings. The summed E-state index contributed by atoms with van der Waals surface area (Å²) in [5.41, 5.74) is 0.328. The Hall–Kier alpha value is -4.77. The number of halogens is 3. The maximum atomic E-state index is 16.7. The summed E-state index contributed by atoms with van der Waals surface area (Å²) in [6, 6.07) is 15.5. The average molecular weight is 666 g/mol. The molecule has 4 saturated heterocycles. The van der Waals surface area contributed by atoms with E-state index in [4.69, 9.17) is 14.5 Å². The molecule has 5 aliphatic rings. The zero-order chi connectivity index (χ0) is 33.3. The Kier molecular flexibility index (Phi) is 7.23. The SMILES string of the molecule is O=C(Oc1ccc(F)cc1)C1[C@@H]2C[C@H]1CN(c1nc(OCC34CCCN3CCC4)nc3c(F)c(-c4cccc5cccc(F)c45)ncc13)C2. The number of nitrogens with zero attached hydrogens (tertiary/aromatic N) is 5. The van der Waals surface area contributed by atoms with Crippen molar-refractivity contribution in [1.82, 2.24) is 19.9 Å². The van der Waals surface area contributed by atoms with Crippen molar-refractivity contribution in [2.75, 3.05) is 37.7 Å². The van der Waals surface area contributed by atoms with Gasteiger partial charge < -0.3 is 14.4 Å². The number of pyridine rings is 1. The van der Waals surface area contributed by atoms with Gasteiger partial charge in [0.05, 0.1) is 16.8 Å². The number of esters is 1. The molecular formula is C38H34F3N5O3. The maximum absolute atomic E-state index is 16.7. The summed E-state index contributed by atoms with van der Waals surface area (Å²) < 4.78 is 57.2. The van der Waals surface area contributed by atoms with Crippen molar-refractivity contribution in [3.05, 3.63) is 84.3 Å². The van der Waals surface area contributed by atoms with Crippen LogP contribution in [0.3, 0.4) is 0 Å². The van der Waals surface area contributed by atoms with Gasteiger partial charge in [-0.3, -0.25) is 14.7 Å². The molecule has 0 spiro atoms. The van der Waals surface area contributed by atoms with Crippen LogP contribution in [0.2, 0.25) is 0 Å². The first-order valence-corrected chi connectivity index (χ1v) is 17.0. The molecule has 2 aromatic heterocycles. The summed E-state index contributed by atoms with van der Waals surface area (Å²) in [6.45, 7) is 3.50. The average Bonchev–Trinajstić information content (AvgIpc) is 3.69. The Morgan fingerprint density at radius 2 is 1.65 bits per heavy atom. The number of anilines is 1. The van der Waals surface area contributed by atoms with E-state index in [2.05, 4.69) is 19.8 Å². The highest BCUT2D eigenvalue weighted by molar-refractivity contribution is 5.99. The lowest BCUT2D eigenvalue weighted by Crippen LogP contribution is -2.58. The van der Waals surface area contributed by atoms with E-state index in [9.17, 15) is 9.18 Å². The molecule has 2 bridgehead atoms. The minimum absolute atomic E-state index is 0.000230. The molecule has 1 unspecified atom stereocenters. The number of carbonyl (C=O) groups is 1. The standard InChI is InChI=1S/C38H34F3N5O3/c39-25-9-11-26(12-10-25)49-36(47)30-23-17-24(30)20-45(19-23)35-28-18-42-33(27-7-1-5-22-6-2-8-29(40)31(22)27)32(41)34(28)43-37(44-35)48-21-38-13-3-15-46(38)16-4-14-38/h1-2,5-12,18,23-24,30H,3-4,13-17,19-21H2/t23-,24+,30?. The van der Waals surface area contributed by atoms with Crippen LogP contribution >= 0.6 is 0 Å². The van der Waals surface area contributed by atoms with Crippen molar-refractivity contribution in [3.8, 4) is 23.0 Å². The number of aromatic nitrogens is 3. The van der Waals surface area contributed by atoms with Gasteiger partial charge in [0.15, 0.2) is 5.82 Å². The number of rotatable bonds is 7. The second kappa shape index (κ2) is 11.7. The number of benzene rings is 3. The van der Waals surface area contributed by atoms with E-state index in [1.165, 1.54) is 30.3 Å². The van der Waals surface area contributed by atoms with Gasteiger partial charge in [-0.1, -0.05) is 30.3 Å². The first-order valence-electron chi connectivity index (χ1n) is 17.0. The van der Waals surface area contributed by atoms with Crippen LogP contribution in [0.5, 0.6) is 11.8 Å². The fourth-order valence-corrected chi connectivity index (χ4v) is 8.80. The van der Waals surface area contributed by atoms with Crippen molar-refractivity contribution in [2.45, 2.75) is 37.6 Å². The third-order valence-corrected chi connectivity index (χ3v) is 11.2. The van der Waals surface area contributed by atoms with Gasteiger partial charge in [0, 0.05) is 30.2 Å². The Morgan fingerprint density at radius 3 is 2.41 bits per heavy atom. The second-order valence-corrected chi connectivity index (χ2v) is 13.9. The van der Waals surface area contributed by atoms with Crippen molar-refractivity contribution >= 4 is 33.5 Å². The fraction of sp³-hybridized carbons (Fsp3) is 0.368. The summed E-state index contributed by atoms with van der Waals surface area (Å²) >= 11 is 0. The van der Waals surface area contributed by atoms with E-state index >= 15 is 8.78 Å². The number of ether oxygens (including phenoxy) is 2. The van der Waals surface area contributed by atoms with Crippen molar-refractivity contribution in [2.24, 2.45) is 17.8 Å². The predicted molar refractivity (Wildman–Crippen MR) is 178 cm³/mol. The van der Waals surface area contributed by atoms with Crippen LogP contribution < -0.4 is 14.4 Å². The molecule has 0 radical (unpaired) electrons. The molecule has 0 N–H and O–H groups in total. The Morgan fingerprint density at radius 1 is 0.918 bits per heavy atom. The molecule has 11 heteroatoms. The van der Waals surface area contributed by atoms with E-state index in [-0.39, 0.29) is 51.9 Å². The molecule has 5 aromatic rings. The van der Waals surface area contributed by atoms with Gasteiger partial charge in [-0.25, -0.2) is 13.2 Å². The molecule has 4 aliphatic heterocycles. The van der Waals surface area contributed by atoms with E-state index in [0.29, 0.717) is 47.6 Å². The van der Waals surface area contributed by atoms with Crippen LogP contribution in [0, 0.1) is 35.2 Å². The number of piperidine rings is 2. The number of carbonyl (C=O) groups excluding carboxylic acids is 1. The molecule has 8 nitrogen and oxygen atoms in total. The number of fused-ring (bicyclic) bond motifs is 5. The monoisotopic (exact) mass is 665 g/mol. The molecule has 6 heterocycles. The van der Waals surface area contributed by atoms with Crippen LogP contribution in [0.15, 0.2) is 66.9 Å².